The zero-order chi connectivity index (χ0) is 14.8. The van der Waals surface area contributed by atoms with Crippen molar-refractivity contribution < 1.29 is 14.7 Å². The first-order valence-corrected chi connectivity index (χ1v) is 7.22. The fraction of sp³-hybridized carbons (Fsp3) is 0.143. The third kappa shape index (κ3) is 2.59. The lowest BCUT2D eigenvalue weighted by atomic mass is 10.0. The van der Waals surface area contributed by atoms with Gasteiger partial charge in [0.1, 0.15) is 0 Å². The number of anilines is 1. The van der Waals surface area contributed by atoms with Crippen LogP contribution in [0.5, 0.6) is 0 Å². The summed E-state index contributed by atoms with van der Waals surface area (Å²) >= 11 is 1.61. The van der Waals surface area contributed by atoms with Gasteiger partial charge in [0.05, 0.1) is 5.92 Å². The summed E-state index contributed by atoms with van der Waals surface area (Å²) in [5.74, 6) is -1.19. The Balaban J connectivity index is 1.84. The molecule has 1 aliphatic heterocycles. The van der Waals surface area contributed by atoms with E-state index in [1.165, 1.54) is 12.4 Å². The number of hydrogen-bond acceptors (Lipinski definition) is 5. The zero-order valence-electron chi connectivity index (χ0n) is 10.8. The first kappa shape index (κ1) is 13.6. The van der Waals surface area contributed by atoms with Crippen molar-refractivity contribution in [2.45, 2.75) is 10.8 Å². The number of carboxylic acids is 1. The van der Waals surface area contributed by atoms with E-state index in [0.717, 1.165) is 10.5 Å². The molecule has 0 bridgehead atoms. The third-order valence-corrected chi connectivity index (χ3v) is 4.34. The molecule has 1 aliphatic rings. The van der Waals surface area contributed by atoms with Crippen LogP contribution < -0.4 is 5.32 Å². The predicted molar refractivity (Wildman–Crippen MR) is 77.5 cm³/mol. The van der Waals surface area contributed by atoms with Gasteiger partial charge in [0, 0.05) is 23.0 Å². The number of carboxylic acid groups (broad SMARTS) is 1. The number of thioether (sulfide) groups is 1. The van der Waals surface area contributed by atoms with Crippen molar-refractivity contribution in [3.05, 3.63) is 47.9 Å². The molecule has 0 saturated heterocycles. The summed E-state index contributed by atoms with van der Waals surface area (Å²) < 4.78 is 0. The minimum Gasteiger partial charge on any atom is -0.476 e. The quantitative estimate of drug-likeness (QED) is 0.901. The lowest BCUT2D eigenvalue weighted by Gasteiger charge is -2.11. The fourth-order valence-corrected chi connectivity index (χ4v) is 3.40. The standard InChI is InChI=1S/C14H11N3O3S/c18-13(9-7-21-10-4-2-1-3-8(9)10)17-12-11(14(19)20)15-5-6-16-12/h1-6,9H,7H2,(H,19,20)(H,16,17,18). The Morgan fingerprint density at radius 3 is 2.81 bits per heavy atom. The number of aromatic nitrogens is 2. The Kier molecular flexibility index (Phi) is 3.57. The van der Waals surface area contributed by atoms with Crippen molar-refractivity contribution in [3.63, 3.8) is 0 Å². The molecule has 2 heterocycles. The summed E-state index contributed by atoms with van der Waals surface area (Å²) in [6, 6.07) is 7.69. The second-order valence-electron chi connectivity index (χ2n) is 4.45. The normalized spacial score (nSPS) is 16.3. The van der Waals surface area contributed by atoms with Crippen molar-refractivity contribution >= 4 is 29.5 Å². The Bertz CT molecular complexity index is 720. The van der Waals surface area contributed by atoms with Gasteiger partial charge in [0.25, 0.3) is 0 Å². The molecule has 0 spiro atoms. The van der Waals surface area contributed by atoms with Gasteiger partial charge in [-0.15, -0.1) is 11.8 Å². The van der Waals surface area contributed by atoms with E-state index in [4.69, 9.17) is 5.11 Å². The number of hydrogen-bond donors (Lipinski definition) is 2. The van der Waals surface area contributed by atoms with E-state index in [2.05, 4.69) is 15.3 Å². The van der Waals surface area contributed by atoms with Crippen LogP contribution in [0.3, 0.4) is 0 Å². The van der Waals surface area contributed by atoms with Crippen LogP contribution in [-0.2, 0) is 4.79 Å². The monoisotopic (exact) mass is 301 g/mol. The van der Waals surface area contributed by atoms with Gasteiger partial charge in [-0.1, -0.05) is 18.2 Å². The smallest absolute Gasteiger partial charge is 0.358 e. The molecule has 6 nitrogen and oxygen atoms in total. The molecule has 0 saturated carbocycles. The summed E-state index contributed by atoms with van der Waals surface area (Å²) in [5, 5.41) is 11.6. The molecule has 2 aromatic rings. The average Bonchev–Trinajstić information content (AvgIpc) is 2.91. The maximum Gasteiger partial charge on any atom is 0.358 e. The minimum absolute atomic E-state index is 0.0237. The van der Waals surface area contributed by atoms with Gasteiger partial charge in [-0.05, 0) is 11.6 Å². The third-order valence-electron chi connectivity index (χ3n) is 3.16. The molecule has 0 aliphatic carbocycles. The van der Waals surface area contributed by atoms with Gasteiger partial charge >= 0.3 is 5.97 Å². The highest BCUT2D eigenvalue weighted by Gasteiger charge is 2.30. The Morgan fingerprint density at radius 2 is 2.00 bits per heavy atom. The topological polar surface area (TPSA) is 92.2 Å². The predicted octanol–water partition coefficient (Wildman–Crippen LogP) is 2.00. The second-order valence-corrected chi connectivity index (χ2v) is 5.51. The SMILES string of the molecule is O=C(O)c1nccnc1NC(=O)C1CSc2ccccc21. The highest BCUT2D eigenvalue weighted by atomic mass is 32.2. The van der Waals surface area contributed by atoms with Crippen LogP contribution >= 0.6 is 11.8 Å². The Labute approximate surface area is 124 Å². The van der Waals surface area contributed by atoms with Crippen molar-refractivity contribution in [2.24, 2.45) is 0 Å². The first-order valence-electron chi connectivity index (χ1n) is 6.23. The molecular weight excluding hydrogens is 290 g/mol. The van der Waals surface area contributed by atoms with Crippen molar-refractivity contribution in [1.82, 2.24) is 9.97 Å². The van der Waals surface area contributed by atoms with Crippen LogP contribution in [0.1, 0.15) is 22.0 Å². The number of benzene rings is 1. The maximum atomic E-state index is 12.4. The van der Waals surface area contributed by atoms with E-state index >= 15 is 0 Å². The zero-order valence-corrected chi connectivity index (χ0v) is 11.6. The molecule has 1 aromatic heterocycles. The van der Waals surface area contributed by atoms with Crippen LogP contribution in [0.4, 0.5) is 5.82 Å². The summed E-state index contributed by atoms with van der Waals surface area (Å²) in [7, 11) is 0. The van der Waals surface area contributed by atoms with Gasteiger partial charge in [-0.3, -0.25) is 4.79 Å². The number of carbonyl (C=O) groups excluding carboxylic acids is 1. The van der Waals surface area contributed by atoms with E-state index in [1.807, 2.05) is 24.3 Å². The summed E-state index contributed by atoms with van der Waals surface area (Å²) in [5.41, 5.74) is 0.700. The van der Waals surface area contributed by atoms with E-state index in [1.54, 1.807) is 11.8 Å². The van der Waals surface area contributed by atoms with Gasteiger partial charge in [-0.25, -0.2) is 14.8 Å². The molecule has 0 radical (unpaired) electrons. The number of fused-ring (bicyclic) bond motifs is 1. The van der Waals surface area contributed by atoms with Crippen LogP contribution in [0.25, 0.3) is 0 Å². The lowest BCUT2D eigenvalue weighted by molar-refractivity contribution is -0.117. The van der Waals surface area contributed by atoms with Crippen molar-refractivity contribution in [3.8, 4) is 0 Å². The largest absolute Gasteiger partial charge is 0.476 e. The number of carbonyl (C=O) groups is 2. The van der Waals surface area contributed by atoms with Crippen LogP contribution in [0.2, 0.25) is 0 Å². The summed E-state index contributed by atoms with van der Waals surface area (Å²) in [6.07, 6.45) is 2.62. The molecule has 1 aromatic carbocycles. The van der Waals surface area contributed by atoms with Crippen LogP contribution in [0, 0.1) is 0 Å². The minimum atomic E-state index is -1.22. The fourth-order valence-electron chi connectivity index (χ4n) is 2.17. The average molecular weight is 301 g/mol. The number of aromatic carboxylic acids is 1. The van der Waals surface area contributed by atoms with Crippen molar-refractivity contribution in [1.29, 1.82) is 0 Å². The van der Waals surface area contributed by atoms with E-state index < -0.39 is 5.97 Å². The maximum absolute atomic E-state index is 12.4. The molecule has 106 valence electrons. The number of nitrogens with zero attached hydrogens (tertiary/aromatic N) is 2. The molecule has 1 amide bonds. The Morgan fingerprint density at radius 1 is 1.24 bits per heavy atom. The molecule has 0 fully saturated rings. The Hall–Kier alpha value is -2.41. The molecule has 1 atom stereocenters. The highest BCUT2D eigenvalue weighted by Crippen LogP contribution is 2.39. The van der Waals surface area contributed by atoms with Gasteiger partial charge < -0.3 is 10.4 Å². The number of rotatable bonds is 3. The van der Waals surface area contributed by atoms with Gasteiger partial charge in [0.2, 0.25) is 5.91 Å². The van der Waals surface area contributed by atoms with E-state index in [0.29, 0.717) is 5.75 Å². The molecular formula is C14H11N3O3S. The molecule has 1 unspecified atom stereocenters. The summed E-state index contributed by atoms with van der Waals surface area (Å²) in [6.45, 7) is 0. The molecule has 2 N–H and O–H groups in total. The number of nitrogens with one attached hydrogen (secondary N) is 1. The van der Waals surface area contributed by atoms with Gasteiger partial charge in [0.15, 0.2) is 11.5 Å². The van der Waals surface area contributed by atoms with Crippen molar-refractivity contribution in [2.75, 3.05) is 11.1 Å². The first-order chi connectivity index (χ1) is 10.2. The van der Waals surface area contributed by atoms with Crippen LogP contribution in [-0.4, -0.2) is 32.7 Å². The second kappa shape index (κ2) is 5.53. The van der Waals surface area contributed by atoms with E-state index in [9.17, 15) is 9.59 Å². The van der Waals surface area contributed by atoms with E-state index in [-0.39, 0.29) is 23.3 Å². The van der Waals surface area contributed by atoms with Crippen LogP contribution in [0.15, 0.2) is 41.6 Å². The molecule has 21 heavy (non-hydrogen) atoms. The molecule has 3 rings (SSSR count). The number of amides is 1. The molecule has 7 heteroatoms. The highest BCUT2D eigenvalue weighted by molar-refractivity contribution is 7.99. The van der Waals surface area contributed by atoms with Gasteiger partial charge in [-0.2, -0.15) is 0 Å². The summed E-state index contributed by atoms with van der Waals surface area (Å²) in [4.78, 5) is 32.1. The lowest BCUT2D eigenvalue weighted by Crippen LogP contribution is -2.23.